The first-order valence-corrected chi connectivity index (χ1v) is 12.3. The van der Waals surface area contributed by atoms with Crippen LogP contribution in [0.2, 0.25) is 0 Å². The van der Waals surface area contributed by atoms with Crippen LogP contribution in [0, 0.1) is 5.92 Å². The Hall–Kier alpha value is -2.91. The van der Waals surface area contributed by atoms with E-state index in [9.17, 15) is 18.0 Å². The third-order valence-electron chi connectivity index (χ3n) is 5.18. The van der Waals surface area contributed by atoms with Gasteiger partial charge in [-0.15, -0.1) is 0 Å². The number of esters is 1. The number of amides is 1. The third kappa shape index (κ3) is 7.57. The third-order valence-corrected chi connectivity index (χ3v) is 6.64. The van der Waals surface area contributed by atoms with Crippen molar-refractivity contribution in [3.63, 3.8) is 0 Å². The largest absolute Gasteiger partial charge is 0.497 e. The van der Waals surface area contributed by atoms with Gasteiger partial charge in [0, 0.05) is 0 Å². The van der Waals surface area contributed by atoms with Crippen molar-refractivity contribution in [3.8, 4) is 5.75 Å². The zero-order valence-electron chi connectivity index (χ0n) is 19.6. The SMILES string of the molecule is CCc1ccc(C(C)NC(=O)COC(=O)[C@@H](NS(=O)(=O)c2ccc(OC)cc2)C(C)C)cc1. The average Bonchev–Trinajstić information content (AvgIpc) is 2.80. The number of hydrogen-bond acceptors (Lipinski definition) is 6. The maximum absolute atomic E-state index is 12.7. The van der Waals surface area contributed by atoms with Gasteiger partial charge in [0.2, 0.25) is 10.0 Å². The predicted molar refractivity (Wildman–Crippen MR) is 125 cm³/mol. The van der Waals surface area contributed by atoms with Crippen molar-refractivity contribution in [1.29, 1.82) is 0 Å². The molecule has 2 atom stereocenters. The van der Waals surface area contributed by atoms with Gasteiger partial charge in [-0.2, -0.15) is 4.72 Å². The molecular weight excluding hydrogens is 444 g/mol. The Labute approximate surface area is 195 Å². The van der Waals surface area contributed by atoms with Crippen LogP contribution in [0.4, 0.5) is 0 Å². The van der Waals surface area contributed by atoms with Gasteiger partial charge in [-0.1, -0.05) is 45.0 Å². The number of carbonyl (C=O) groups is 2. The normalized spacial score (nSPS) is 13.3. The molecule has 1 amide bonds. The molecule has 0 aliphatic rings. The highest BCUT2D eigenvalue weighted by molar-refractivity contribution is 7.89. The molecule has 180 valence electrons. The standard InChI is InChI=1S/C24H32N2O6S/c1-6-18-7-9-19(10-8-18)17(4)25-22(27)15-32-24(28)23(16(2)3)26-33(29,30)21-13-11-20(31-5)12-14-21/h7-14,16-17,23,26H,6,15H2,1-5H3,(H,25,27)/t17?,23-/m0/s1. The van der Waals surface area contributed by atoms with E-state index >= 15 is 0 Å². The monoisotopic (exact) mass is 476 g/mol. The number of nitrogens with one attached hydrogen (secondary N) is 2. The lowest BCUT2D eigenvalue weighted by Crippen LogP contribution is -2.46. The summed E-state index contributed by atoms with van der Waals surface area (Å²) in [4.78, 5) is 24.8. The van der Waals surface area contributed by atoms with Crippen LogP contribution in [0.15, 0.2) is 53.4 Å². The molecule has 0 aromatic heterocycles. The average molecular weight is 477 g/mol. The van der Waals surface area contributed by atoms with Crippen molar-refractivity contribution in [2.45, 2.75) is 51.1 Å². The Morgan fingerprint density at radius 3 is 2.09 bits per heavy atom. The highest BCUT2D eigenvalue weighted by Gasteiger charge is 2.30. The van der Waals surface area contributed by atoms with Crippen LogP contribution in [0.25, 0.3) is 0 Å². The highest BCUT2D eigenvalue weighted by atomic mass is 32.2. The van der Waals surface area contributed by atoms with Crippen molar-refractivity contribution < 1.29 is 27.5 Å². The molecule has 0 spiro atoms. The van der Waals surface area contributed by atoms with E-state index < -0.39 is 40.5 Å². The zero-order chi connectivity index (χ0) is 24.6. The summed E-state index contributed by atoms with van der Waals surface area (Å²) < 4.78 is 37.9. The van der Waals surface area contributed by atoms with Gasteiger partial charge < -0.3 is 14.8 Å². The molecular formula is C24H32N2O6S. The van der Waals surface area contributed by atoms with Gasteiger partial charge in [0.15, 0.2) is 6.61 Å². The molecule has 2 aromatic rings. The van der Waals surface area contributed by atoms with E-state index in [-0.39, 0.29) is 10.9 Å². The summed E-state index contributed by atoms with van der Waals surface area (Å²) in [5.41, 5.74) is 2.13. The second kappa shape index (κ2) is 11.8. The van der Waals surface area contributed by atoms with Crippen molar-refractivity contribution in [1.82, 2.24) is 10.0 Å². The molecule has 2 rings (SSSR count). The highest BCUT2D eigenvalue weighted by Crippen LogP contribution is 2.17. The molecule has 0 aliphatic heterocycles. The second-order valence-corrected chi connectivity index (χ2v) is 9.72. The molecule has 1 unspecified atom stereocenters. The van der Waals surface area contributed by atoms with Crippen LogP contribution in [0.3, 0.4) is 0 Å². The van der Waals surface area contributed by atoms with Crippen LogP contribution in [0.1, 0.15) is 44.9 Å². The maximum Gasteiger partial charge on any atom is 0.324 e. The number of carbonyl (C=O) groups excluding carboxylic acids is 2. The van der Waals surface area contributed by atoms with Crippen LogP contribution < -0.4 is 14.8 Å². The first-order valence-electron chi connectivity index (χ1n) is 10.8. The molecule has 33 heavy (non-hydrogen) atoms. The van der Waals surface area contributed by atoms with Crippen molar-refractivity contribution >= 4 is 21.9 Å². The number of methoxy groups -OCH3 is 1. The Morgan fingerprint density at radius 2 is 1.58 bits per heavy atom. The topological polar surface area (TPSA) is 111 Å². The molecule has 9 heteroatoms. The summed E-state index contributed by atoms with van der Waals surface area (Å²) in [6.45, 7) is 6.76. The molecule has 0 radical (unpaired) electrons. The molecule has 0 heterocycles. The van der Waals surface area contributed by atoms with Crippen LogP contribution in [0.5, 0.6) is 5.75 Å². The van der Waals surface area contributed by atoms with E-state index in [0.29, 0.717) is 5.75 Å². The molecule has 8 nitrogen and oxygen atoms in total. The zero-order valence-corrected chi connectivity index (χ0v) is 20.4. The lowest BCUT2D eigenvalue weighted by atomic mass is 10.1. The van der Waals surface area contributed by atoms with Crippen LogP contribution >= 0.6 is 0 Å². The Bertz CT molecular complexity index is 1030. The van der Waals surface area contributed by atoms with Gasteiger partial charge >= 0.3 is 5.97 Å². The summed E-state index contributed by atoms with van der Waals surface area (Å²) in [5, 5.41) is 2.78. The van der Waals surface area contributed by atoms with Gasteiger partial charge in [0.05, 0.1) is 18.0 Å². The van der Waals surface area contributed by atoms with Crippen LogP contribution in [-0.4, -0.2) is 40.1 Å². The lowest BCUT2D eigenvalue weighted by molar-refractivity contribution is -0.151. The first-order chi connectivity index (χ1) is 15.6. The minimum atomic E-state index is -3.98. The van der Waals surface area contributed by atoms with Gasteiger partial charge in [-0.25, -0.2) is 8.42 Å². The summed E-state index contributed by atoms with van der Waals surface area (Å²) in [7, 11) is -2.50. The first kappa shape index (κ1) is 26.3. The number of ether oxygens (including phenoxy) is 2. The van der Waals surface area contributed by atoms with Crippen molar-refractivity contribution in [2.24, 2.45) is 5.92 Å². The molecule has 0 bridgehead atoms. The Kier molecular flexibility index (Phi) is 9.43. The number of sulfonamides is 1. The van der Waals surface area contributed by atoms with E-state index in [1.807, 2.05) is 31.2 Å². The molecule has 0 saturated carbocycles. The fourth-order valence-corrected chi connectivity index (χ4v) is 4.41. The molecule has 0 saturated heterocycles. The summed E-state index contributed by atoms with van der Waals surface area (Å²) >= 11 is 0. The van der Waals surface area contributed by atoms with E-state index in [4.69, 9.17) is 9.47 Å². The number of aryl methyl sites for hydroxylation is 1. The second-order valence-electron chi connectivity index (χ2n) is 8.01. The lowest BCUT2D eigenvalue weighted by Gasteiger charge is -2.21. The number of rotatable bonds is 11. The Morgan fingerprint density at radius 1 is 0.970 bits per heavy atom. The van der Waals surface area contributed by atoms with Gasteiger partial charge in [-0.05, 0) is 54.7 Å². The van der Waals surface area contributed by atoms with E-state index in [1.54, 1.807) is 13.8 Å². The summed E-state index contributed by atoms with van der Waals surface area (Å²) in [6, 6.07) is 12.3. The number of benzene rings is 2. The predicted octanol–water partition coefficient (Wildman–Crippen LogP) is 2.98. The summed E-state index contributed by atoms with van der Waals surface area (Å²) in [5.74, 6) is -1.19. The summed E-state index contributed by atoms with van der Waals surface area (Å²) in [6.07, 6.45) is 0.927. The molecule has 2 aromatic carbocycles. The van der Waals surface area contributed by atoms with Crippen molar-refractivity contribution in [3.05, 3.63) is 59.7 Å². The smallest absolute Gasteiger partial charge is 0.324 e. The minimum Gasteiger partial charge on any atom is -0.497 e. The Balaban J connectivity index is 1.96. The molecule has 2 N–H and O–H groups in total. The maximum atomic E-state index is 12.7. The van der Waals surface area contributed by atoms with Gasteiger partial charge in [0.1, 0.15) is 11.8 Å². The minimum absolute atomic E-state index is 0.0117. The van der Waals surface area contributed by atoms with E-state index in [0.717, 1.165) is 12.0 Å². The van der Waals surface area contributed by atoms with Gasteiger partial charge in [0.25, 0.3) is 5.91 Å². The van der Waals surface area contributed by atoms with Gasteiger partial charge in [-0.3, -0.25) is 9.59 Å². The fourth-order valence-electron chi connectivity index (χ4n) is 3.08. The van der Waals surface area contributed by atoms with E-state index in [1.165, 1.54) is 36.9 Å². The van der Waals surface area contributed by atoms with Crippen LogP contribution in [-0.2, 0) is 30.8 Å². The quantitative estimate of drug-likeness (QED) is 0.483. The molecule has 0 aliphatic carbocycles. The molecule has 0 fully saturated rings. The fraction of sp³-hybridized carbons (Fsp3) is 0.417. The van der Waals surface area contributed by atoms with E-state index in [2.05, 4.69) is 17.0 Å². The number of hydrogen-bond donors (Lipinski definition) is 2. The van der Waals surface area contributed by atoms with Crippen molar-refractivity contribution in [2.75, 3.05) is 13.7 Å².